The van der Waals surface area contributed by atoms with E-state index in [9.17, 15) is 0 Å². The van der Waals surface area contributed by atoms with Crippen LogP contribution in [-0.4, -0.2) is 38.5 Å². The highest BCUT2D eigenvalue weighted by molar-refractivity contribution is 4.86. The van der Waals surface area contributed by atoms with Crippen molar-refractivity contribution in [3.8, 4) is 0 Å². The van der Waals surface area contributed by atoms with Crippen LogP contribution in [0.5, 0.6) is 0 Å². The van der Waals surface area contributed by atoms with Gasteiger partial charge in [-0.25, -0.2) is 0 Å². The van der Waals surface area contributed by atoms with E-state index in [2.05, 4.69) is 12.2 Å². The zero-order valence-electron chi connectivity index (χ0n) is 9.00. The first-order valence-corrected chi connectivity index (χ1v) is 5.85. The first-order chi connectivity index (χ1) is 6.92. The van der Waals surface area contributed by atoms with Gasteiger partial charge >= 0.3 is 0 Å². The van der Waals surface area contributed by atoms with Crippen molar-refractivity contribution in [2.24, 2.45) is 5.92 Å². The minimum absolute atomic E-state index is 0.358. The van der Waals surface area contributed by atoms with Crippen LogP contribution in [-0.2, 0) is 9.47 Å². The molecule has 0 aromatic rings. The van der Waals surface area contributed by atoms with Crippen molar-refractivity contribution in [3.05, 3.63) is 0 Å². The van der Waals surface area contributed by atoms with E-state index >= 15 is 0 Å². The number of hydrogen-bond acceptors (Lipinski definition) is 3. The first-order valence-electron chi connectivity index (χ1n) is 5.85. The van der Waals surface area contributed by atoms with Gasteiger partial charge < -0.3 is 14.8 Å². The SMILES string of the molecule is CCNCC1CCOC1C1CCCO1. The van der Waals surface area contributed by atoms with Crippen molar-refractivity contribution >= 4 is 0 Å². The summed E-state index contributed by atoms with van der Waals surface area (Å²) < 4.78 is 11.5. The van der Waals surface area contributed by atoms with Gasteiger partial charge in [-0.2, -0.15) is 0 Å². The van der Waals surface area contributed by atoms with Crippen molar-refractivity contribution in [1.82, 2.24) is 5.32 Å². The molecule has 0 spiro atoms. The van der Waals surface area contributed by atoms with Gasteiger partial charge in [0.05, 0.1) is 12.2 Å². The van der Waals surface area contributed by atoms with Gasteiger partial charge in [0, 0.05) is 25.7 Å². The molecule has 2 aliphatic heterocycles. The van der Waals surface area contributed by atoms with E-state index in [4.69, 9.17) is 9.47 Å². The van der Waals surface area contributed by atoms with E-state index in [0.717, 1.165) is 26.3 Å². The van der Waals surface area contributed by atoms with Crippen LogP contribution in [0.25, 0.3) is 0 Å². The van der Waals surface area contributed by atoms with Gasteiger partial charge in [0.1, 0.15) is 0 Å². The molecule has 82 valence electrons. The fraction of sp³-hybridized carbons (Fsp3) is 1.00. The lowest BCUT2D eigenvalue weighted by molar-refractivity contribution is -0.0327. The molecule has 0 aromatic carbocycles. The van der Waals surface area contributed by atoms with E-state index in [-0.39, 0.29) is 0 Å². The van der Waals surface area contributed by atoms with Crippen LogP contribution in [0.2, 0.25) is 0 Å². The van der Waals surface area contributed by atoms with Crippen LogP contribution in [0.3, 0.4) is 0 Å². The molecule has 3 unspecified atom stereocenters. The molecule has 0 radical (unpaired) electrons. The van der Waals surface area contributed by atoms with Crippen LogP contribution < -0.4 is 5.32 Å². The van der Waals surface area contributed by atoms with E-state index in [0.29, 0.717) is 18.1 Å². The molecule has 2 aliphatic rings. The monoisotopic (exact) mass is 199 g/mol. The zero-order valence-corrected chi connectivity index (χ0v) is 9.00. The Morgan fingerprint density at radius 3 is 2.86 bits per heavy atom. The minimum atomic E-state index is 0.358. The van der Waals surface area contributed by atoms with Gasteiger partial charge in [-0.3, -0.25) is 0 Å². The normalized spacial score (nSPS) is 37.9. The molecule has 0 amide bonds. The number of hydrogen-bond donors (Lipinski definition) is 1. The molecule has 0 aromatic heterocycles. The second-order valence-electron chi connectivity index (χ2n) is 4.24. The lowest BCUT2D eigenvalue weighted by atomic mass is 9.96. The van der Waals surface area contributed by atoms with Crippen molar-refractivity contribution in [2.75, 3.05) is 26.3 Å². The summed E-state index contributed by atoms with van der Waals surface area (Å²) in [7, 11) is 0. The van der Waals surface area contributed by atoms with Crippen molar-refractivity contribution < 1.29 is 9.47 Å². The molecular formula is C11H21NO2. The quantitative estimate of drug-likeness (QED) is 0.737. The molecule has 2 heterocycles. The number of nitrogens with one attached hydrogen (secondary N) is 1. The third kappa shape index (κ3) is 2.27. The van der Waals surface area contributed by atoms with Crippen LogP contribution in [0, 0.1) is 5.92 Å². The first kappa shape index (κ1) is 10.4. The number of rotatable bonds is 4. The molecule has 0 aliphatic carbocycles. The van der Waals surface area contributed by atoms with E-state index < -0.39 is 0 Å². The maximum atomic E-state index is 5.78. The molecule has 3 heteroatoms. The Hall–Kier alpha value is -0.120. The summed E-state index contributed by atoms with van der Waals surface area (Å²) in [5.41, 5.74) is 0. The maximum absolute atomic E-state index is 5.78. The van der Waals surface area contributed by atoms with Gasteiger partial charge in [0.2, 0.25) is 0 Å². The number of ether oxygens (including phenoxy) is 2. The third-order valence-corrected chi connectivity index (χ3v) is 3.25. The second kappa shape index (κ2) is 5.10. The summed E-state index contributed by atoms with van der Waals surface area (Å²) in [5, 5.41) is 3.41. The molecule has 14 heavy (non-hydrogen) atoms. The fourth-order valence-electron chi connectivity index (χ4n) is 2.48. The minimum Gasteiger partial charge on any atom is -0.376 e. The summed E-state index contributed by atoms with van der Waals surface area (Å²) in [6.45, 7) is 6.13. The topological polar surface area (TPSA) is 30.5 Å². The molecule has 3 nitrogen and oxygen atoms in total. The van der Waals surface area contributed by atoms with Crippen molar-refractivity contribution in [3.63, 3.8) is 0 Å². The standard InChI is InChI=1S/C11H21NO2/c1-2-12-8-9-5-7-14-11(9)10-4-3-6-13-10/h9-12H,2-8H2,1H3. The van der Waals surface area contributed by atoms with Crippen molar-refractivity contribution in [1.29, 1.82) is 0 Å². The molecule has 1 N–H and O–H groups in total. The Bertz CT molecular complexity index is 169. The average Bonchev–Trinajstić information content (AvgIpc) is 2.84. The molecule has 2 rings (SSSR count). The molecule has 0 saturated carbocycles. The highest BCUT2D eigenvalue weighted by Gasteiger charge is 2.36. The van der Waals surface area contributed by atoms with E-state index in [1.54, 1.807) is 0 Å². The van der Waals surface area contributed by atoms with Gasteiger partial charge in [0.15, 0.2) is 0 Å². The van der Waals surface area contributed by atoms with Crippen LogP contribution in [0.4, 0.5) is 0 Å². The maximum Gasteiger partial charge on any atom is 0.0877 e. The molecule has 2 saturated heterocycles. The predicted octanol–water partition coefficient (Wildman–Crippen LogP) is 1.18. The Morgan fingerprint density at radius 1 is 1.21 bits per heavy atom. The van der Waals surface area contributed by atoms with Crippen LogP contribution >= 0.6 is 0 Å². The lowest BCUT2D eigenvalue weighted by Crippen LogP contribution is -2.36. The zero-order chi connectivity index (χ0) is 9.80. The third-order valence-electron chi connectivity index (χ3n) is 3.25. The summed E-state index contributed by atoms with van der Waals surface area (Å²) in [5.74, 6) is 0.665. The Morgan fingerprint density at radius 2 is 2.14 bits per heavy atom. The van der Waals surface area contributed by atoms with Crippen LogP contribution in [0.15, 0.2) is 0 Å². The summed E-state index contributed by atoms with van der Waals surface area (Å²) in [4.78, 5) is 0. The predicted molar refractivity (Wildman–Crippen MR) is 55.4 cm³/mol. The smallest absolute Gasteiger partial charge is 0.0877 e. The Kier molecular flexibility index (Phi) is 3.79. The van der Waals surface area contributed by atoms with Gasteiger partial charge in [-0.05, 0) is 25.8 Å². The molecule has 3 atom stereocenters. The van der Waals surface area contributed by atoms with E-state index in [1.807, 2.05) is 0 Å². The summed E-state index contributed by atoms with van der Waals surface area (Å²) in [6.07, 6.45) is 4.32. The van der Waals surface area contributed by atoms with Crippen LogP contribution in [0.1, 0.15) is 26.2 Å². The van der Waals surface area contributed by atoms with Gasteiger partial charge in [-0.1, -0.05) is 6.92 Å². The van der Waals surface area contributed by atoms with Gasteiger partial charge in [-0.15, -0.1) is 0 Å². The molecular weight excluding hydrogens is 178 g/mol. The largest absolute Gasteiger partial charge is 0.376 e. The summed E-state index contributed by atoms with van der Waals surface area (Å²) in [6, 6.07) is 0. The summed E-state index contributed by atoms with van der Waals surface area (Å²) >= 11 is 0. The average molecular weight is 199 g/mol. The highest BCUT2D eigenvalue weighted by Crippen LogP contribution is 2.29. The molecule has 2 fully saturated rings. The second-order valence-corrected chi connectivity index (χ2v) is 4.24. The van der Waals surface area contributed by atoms with E-state index in [1.165, 1.54) is 19.3 Å². The lowest BCUT2D eigenvalue weighted by Gasteiger charge is -2.23. The van der Waals surface area contributed by atoms with Gasteiger partial charge in [0.25, 0.3) is 0 Å². The Labute approximate surface area is 86.2 Å². The highest BCUT2D eigenvalue weighted by atomic mass is 16.5. The van der Waals surface area contributed by atoms with Crippen molar-refractivity contribution in [2.45, 2.75) is 38.4 Å². The molecule has 0 bridgehead atoms. The fourth-order valence-corrected chi connectivity index (χ4v) is 2.48. The Balaban J connectivity index is 1.82.